The number of rotatable bonds is 7. The summed E-state index contributed by atoms with van der Waals surface area (Å²) in [7, 11) is 0. The average Bonchev–Trinajstić information content (AvgIpc) is 3.35. The van der Waals surface area contributed by atoms with Crippen molar-refractivity contribution in [3.8, 4) is 5.69 Å². The molecule has 0 spiro atoms. The molecule has 0 N–H and O–H groups in total. The molecule has 0 radical (unpaired) electrons. The topological polar surface area (TPSA) is 56.6 Å². The van der Waals surface area contributed by atoms with Crippen LogP contribution in [0.2, 0.25) is 0 Å². The Labute approximate surface area is 225 Å². The van der Waals surface area contributed by atoms with Gasteiger partial charge in [-0.05, 0) is 101 Å². The minimum atomic E-state index is -0.731. The molecule has 39 heavy (non-hydrogen) atoms. The third-order valence-corrected chi connectivity index (χ3v) is 7.91. The second kappa shape index (κ2) is 9.40. The number of carbonyl (C=O) groups excluding carboxylic acids is 1. The number of fused-ring (bicyclic) bond motifs is 2. The Hall–Kier alpha value is -3.33. The average molecular weight is 540 g/mol. The van der Waals surface area contributed by atoms with Gasteiger partial charge < -0.3 is 14.4 Å². The summed E-state index contributed by atoms with van der Waals surface area (Å²) in [5, 5.41) is 4.36. The zero-order valence-corrected chi connectivity index (χ0v) is 22.3. The Morgan fingerprint density at radius 3 is 2.46 bits per heavy atom. The summed E-state index contributed by atoms with van der Waals surface area (Å²) in [5.74, 6) is -2.05. The third-order valence-electron chi connectivity index (χ3n) is 7.91. The standard InChI is InChI=1S/C30H32F3N3O3/c1-29(2,3)39-28(37)21-10-9-20(13-25(21)33)35-16-18-11-12-30(35,14-18)38-17-26-22(19-7-8-19)15-34-36(26)27-23(31)5-4-6-24(27)32/h4-6,9-10,13,15,18-19H,7-8,11-12,14,16-17H2,1-3H3. The number of hydrogen-bond donors (Lipinski definition) is 0. The highest BCUT2D eigenvalue weighted by molar-refractivity contribution is 5.90. The fourth-order valence-corrected chi connectivity index (χ4v) is 5.98. The van der Waals surface area contributed by atoms with Crippen molar-refractivity contribution >= 4 is 11.7 Å². The van der Waals surface area contributed by atoms with Crippen molar-refractivity contribution < 1.29 is 27.4 Å². The number of aromatic nitrogens is 2. The van der Waals surface area contributed by atoms with Crippen LogP contribution in [0.5, 0.6) is 0 Å². The minimum absolute atomic E-state index is 0.112. The van der Waals surface area contributed by atoms with Gasteiger partial charge in [-0.3, -0.25) is 0 Å². The van der Waals surface area contributed by atoms with Crippen molar-refractivity contribution in [2.24, 2.45) is 5.92 Å². The first-order chi connectivity index (χ1) is 18.5. The molecule has 1 saturated heterocycles. The van der Waals surface area contributed by atoms with E-state index in [1.54, 1.807) is 33.0 Å². The van der Waals surface area contributed by atoms with Gasteiger partial charge in [-0.25, -0.2) is 22.6 Å². The van der Waals surface area contributed by atoms with Crippen LogP contribution in [0.25, 0.3) is 5.69 Å². The van der Waals surface area contributed by atoms with E-state index < -0.39 is 34.7 Å². The molecule has 3 aliphatic rings. The molecule has 6 nitrogen and oxygen atoms in total. The number of ether oxygens (including phenoxy) is 2. The number of nitrogens with zero attached hydrogens (tertiary/aromatic N) is 3. The molecule has 2 aliphatic carbocycles. The number of anilines is 1. The van der Waals surface area contributed by atoms with Gasteiger partial charge in [0, 0.05) is 12.2 Å². The lowest BCUT2D eigenvalue weighted by atomic mass is 10.1. The lowest BCUT2D eigenvalue weighted by molar-refractivity contribution is -0.0471. The van der Waals surface area contributed by atoms with Gasteiger partial charge in [0.25, 0.3) is 0 Å². The molecule has 2 atom stereocenters. The number of halogens is 3. The fraction of sp³-hybridized carbons (Fsp3) is 0.467. The second-order valence-corrected chi connectivity index (χ2v) is 11.9. The molecule has 1 aromatic heterocycles. The van der Waals surface area contributed by atoms with Gasteiger partial charge in [0.2, 0.25) is 0 Å². The first kappa shape index (κ1) is 25.9. The molecule has 1 aliphatic heterocycles. The summed E-state index contributed by atoms with van der Waals surface area (Å²) < 4.78 is 57.9. The van der Waals surface area contributed by atoms with Gasteiger partial charge in [-0.15, -0.1) is 0 Å². The number of para-hydroxylation sites is 1. The molecule has 2 aromatic carbocycles. The Morgan fingerprint density at radius 1 is 1.08 bits per heavy atom. The maximum Gasteiger partial charge on any atom is 0.341 e. The van der Waals surface area contributed by atoms with E-state index in [0.29, 0.717) is 29.8 Å². The first-order valence-electron chi connectivity index (χ1n) is 13.5. The van der Waals surface area contributed by atoms with E-state index in [4.69, 9.17) is 9.47 Å². The number of carbonyl (C=O) groups is 1. The van der Waals surface area contributed by atoms with E-state index in [9.17, 15) is 13.6 Å². The van der Waals surface area contributed by atoms with Crippen LogP contribution in [0.1, 0.15) is 80.4 Å². The smallest absolute Gasteiger partial charge is 0.341 e. The van der Waals surface area contributed by atoms with Crippen molar-refractivity contribution in [3.05, 3.63) is 76.9 Å². The lowest BCUT2D eigenvalue weighted by Gasteiger charge is -2.40. The van der Waals surface area contributed by atoms with Crippen molar-refractivity contribution in [1.82, 2.24) is 9.78 Å². The zero-order valence-electron chi connectivity index (χ0n) is 22.3. The Kier molecular flexibility index (Phi) is 6.25. The van der Waals surface area contributed by atoms with Gasteiger partial charge in [0.15, 0.2) is 11.6 Å². The normalized spacial score (nSPS) is 22.5. The minimum Gasteiger partial charge on any atom is -0.456 e. The lowest BCUT2D eigenvalue weighted by Crippen LogP contribution is -2.47. The molecular formula is C30H32F3N3O3. The summed E-state index contributed by atoms with van der Waals surface area (Å²) in [6.45, 7) is 6.02. The molecule has 2 bridgehead atoms. The number of hydrogen-bond acceptors (Lipinski definition) is 5. The van der Waals surface area contributed by atoms with Crippen molar-refractivity contribution in [1.29, 1.82) is 0 Å². The number of piperidine rings is 1. The molecule has 2 unspecified atom stereocenters. The molecule has 0 amide bonds. The monoisotopic (exact) mass is 539 g/mol. The predicted octanol–water partition coefficient (Wildman–Crippen LogP) is 6.66. The Balaban J connectivity index is 1.28. The third kappa shape index (κ3) is 4.81. The fourth-order valence-electron chi connectivity index (χ4n) is 5.98. The van der Waals surface area contributed by atoms with Crippen LogP contribution < -0.4 is 4.90 Å². The molecule has 206 valence electrons. The van der Waals surface area contributed by atoms with Gasteiger partial charge >= 0.3 is 5.97 Å². The Morgan fingerprint density at radius 2 is 1.82 bits per heavy atom. The summed E-state index contributed by atoms with van der Waals surface area (Å²) >= 11 is 0. The van der Waals surface area contributed by atoms with Gasteiger partial charge in [-0.1, -0.05) is 6.07 Å². The number of benzene rings is 2. The summed E-state index contributed by atoms with van der Waals surface area (Å²) in [4.78, 5) is 14.5. The van der Waals surface area contributed by atoms with Crippen molar-refractivity contribution in [2.45, 2.75) is 76.7 Å². The van der Waals surface area contributed by atoms with Crippen LogP contribution in [-0.2, 0) is 16.1 Å². The molecule has 6 rings (SSSR count). The van der Waals surface area contributed by atoms with Crippen LogP contribution in [0, 0.1) is 23.4 Å². The summed E-state index contributed by atoms with van der Waals surface area (Å²) in [6, 6.07) is 8.31. The quantitative estimate of drug-likeness (QED) is 0.315. The SMILES string of the molecule is CC(C)(C)OC(=O)c1ccc(N2CC3CCC2(OCc2c(C4CC4)cnn2-c2c(F)cccc2F)C3)cc1F. The molecule has 2 heterocycles. The van der Waals surface area contributed by atoms with Gasteiger partial charge in [-0.2, -0.15) is 5.10 Å². The molecular weight excluding hydrogens is 507 g/mol. The first-order valence-corrected chi connectivity index (χ1v) is 13.5. The predicted molar refractivity (Wildman–Crippen MR) is 139 cm³/mol. The van der Waals surface area contributed by atoms with E-state index in [1.165, 1.54) is 35.0 Å². The van der Waals surface area contributed by atoms with Crippen molar-refractivity contribution in [3.63, 3.8) is 0 Å². The van der Waals surface area contributed by atoms with E-state index in [-0.39, 0.29) is 17.9 Å². The van der Waals surface area contributed by atoms with Crippen LogP contribution in [0.4, 0.5) is 18.9 Å². The largest absolute Gasteiger partial charge is 0.456 e. The van der Waals surface area contributed by atoms with Crippen LogP contribution in [0.15, 0.2) is 42.6 Å². The van der Waals surface area contributed by atoms with E-state index in [2.05, 4.69) is 10.00 Å². The highest BCUT2D eigenvalue weighted by Gasteiger charge is 2.52. The van der Waals surface area contributed by atoms with Crippen LogP contribution in [-0.4, -0.2) is 33.6 Å². The maximum absolute atomic E-state index is 15.1. The van der Waals surface area contributed by atoms with Gasteiger partial charge in [0.1, 0.15) is 22.8 Å². The highest BCUT2D eigenvalue weighted by atomic mass is 19.1. The summed E-state index contributed by atoms with van der Waals surface area (Å²) in [5.41, 5.74) is 0.460. The maximum atomic E-state index is 15.1. The molecule has 2 saturated carbocycles. The van der Waals surface area contributed by atoms with E-state index in [0.717, 1.165) is 37.7 Å². The molecule has 3 fully saturated rings. The second-order valence-electron chi connectivity index (χ2n) is 11.9. The Bertz CT molecular complexity index is 1410. The summed E-state index contributed by atoms with van der Waals surface area (Å²) in [6.07, 6.45) is 6.18. The van der Waals surface area contributed by atoms with E-state index >= 15 is 4.39 Å². The molecule has 9 heteroatoms. The van der Waals surface area contributed by atoms with E-state index in [1.807, 2.05) is 0 Å². The van der Waals surface area contributed by atoms with Crippen molar-refractivity contribution in [2.75, 3.05) is 11.4 Å². The van der Waals surface area contributed by atoms with Crippen LogP contribution in [0.3, 0.4) is 0 Å². The number of esters is 1. The van der Waals surface area contributed by atoms with Crippen LogP contribution >= 0.6 is 0 Å². The van der Waals surface area contributed by atoms with Gasteiger partial charge in [0.05, 0.1) is 24.1 Å². The molecule has 3 aromatic rings. The zero-order chi connectivity index (χ0) is 27.5. The highest BCUT2D eigenvalue weighted by Crippen LogP contribution is 2.50.